The average molecular weight is 540 g/mol. The maximum absolute atomic E-state index is 13.8. The Labute approximate surface area is 228 Å². The summed E-state index contributed by atoms with van der Waals surface area (Å²) in [5.41, 5.74) is 6.95. The summed E-state index contributed by atoms with van der Waals surface area (Å²) in [5, 5.41) is 13.4. The molecule has 4 rings (SSSR count). The zero-order valence-corrected chi connectivity index (χ0v) is 22.9. The number of amides is 1. The number of aromatic nitrogens is 1. The predicted molar refractivity (Wildman–Crippen MR) is 150 cm³/mol. The van der Waals surface area contributed by atoms with E-state index in [-0.39, 0.29) is 24.2 Å². The molecule has 0 spiro atoms. The first-order valence-electron chi connectivity index (χ1n) is 12.7. The van der Waals surface area contributed by atoms with Crippen LogP contribution in [0.25, 0.3) is 11.1 Å². The Balaban J connectivity index is 1.67. The number of nitrogens with zero attached hydrogens (tertiary/aromatic N) is 1. The molecule has 1 aromatic heterocycles. The van der Waals surface area contributed by atoms with Crippen LogP contribution in [0.4, 0.5) is 5.69 Å². The predicted octanol–water partition coefficient (Wildman–Crippen LogP) is 7.91. The Kier molecular flexibility index (Phi) is 8.56. The molecule has 2 N–H and O–H groups in total. The molecule has 1 atom stereocenters. The van der Waals surface area contributed by atoms with Crippen LogP contribution in [0.1, 0.15) is 66.0 Å². The minimum atomic E-state index is -0.840. The standard InChI is InChI=1S/C30H32Cl2N2O3/c1-17-13-24(26(32)15-23(17)22-14-25(31)19(3)33-16-22)29(21-7-4-5-8-21)30(37)34-27-10-6-9-20(18(27)2)11-12-28(35)36/h6,9-10,13-16,21,29H,4-5,7-8,11-12H2,1-3H3,(H,34,37)(H,35,36). The highest BCUT2D eigenvalue weighted by Gasteiger charge is 2.34. The fourth-order valence-corrected chi connectivity index (χ4v) is 5.80. The molecule has 1 amide bonds. The fourth-order valence-electron chi connectivity index (χ4n) is 5.35. The first-order valence-corrected chi connectivity index (χ1v) is 13.4. The summed E-state index contributed by atoms with van der Waals surface area (Å²) >= 11 is 13.2. The summed E-state index contributed by atoms with van der Waals surface area (Å²) in [6, 6.07) is 11.5. The number of rotatable bonds is 8. The molecule has 0 bridgehead atoms. The normalized spacial score (nSPS) is 14.5. The monoisotopic (exact) mass is 538 g/mol. The van der Waals surface area contributed by atoms with E-state index >= 15 is 0 Å². The van der Waals surface area contributed by atoms with Crippen molar-refractivity contribution in [1.29, 1.82) is 0 Å². The van der Waals surface area contributed by atoms with Gasteiger partial charge >= 0.3 is 5.97 Å². The van der Waals surface area contributed by atoms with Crippen LogP contribution in [0.2, 0.25) is 10.0 Å². The highest BCUT2D eigenvalue weighted by atomic mass is 35.5. The van der Waals surface area contributed by atoms with E-state index in [2.05, 4.69) is 10.3 Å². The smallest absolute Gasteiger partial charge is 0.303 e. The van der Waals surface area contributed by atoms with Crippen molar-refractivity contribution in [2.45, 2.75) is 65.2 Å². The van der Waals surface area contributed by atoms with E-state index in [0.717, 1.165) is 64.8 Å². The van der Waals surface area contributed by atoms with E-state index < -0.39 is 5.97 Å². The number of carboxylic acids is 1. The molecule has 1 saturated carbocycles. The largest absolute Gasteiger partial charge is 0.481 e. The Morgan fingerprint density at radius 2 is 1.81 bits per heavy atom. The molecule has 194 valence electrons. The van der Waals surface area contributed by atoms with Crippen molar-refractivity contribution < 1.29 is 14.7 Å². The second-order valence-electron chi connectivity index (χ2n) is 9.97. The molecule has 1 aliphatic carbocycles. The van der Waals surface area contributed by atoms with Crippen LogP contribution in [0.15, 0.2) is 42.6 Å². The second-order valence-corrected chi connectivity index (χ2v) is 10.8. The number of aryl methyl sites for hydroxylation is 3. The number of anilines is 1. The molecule has 1 aliphatic rings. The van der Waals surface area contributed by atoms with Crippen LogP contribution < -0.4 is 5.32 Å². The van der Waals surface area contributed by atoms with Crippen molar-refractivity contribution in [1.82, 2.24) is 4.98 Å². The van der Waals surface area contributed by atoms with Crippen LogP contribution in [0.3, 0.4) is 0 Å². The quantitative estimate of drug-likeness (QED) is 0.305. The van der Waals surface area contributed by atoms with Gasteiger partial charge in [-0.05, 0) is 92.0 Å². The first kappa shape index (κ1) is 27.2. The Morgan fingerprint density at radius 3 is 2.49 bits per heavy atom. The van der Waals surface area contributed by atoms with Crippen molar-refractivity contribution >= 4 is 40.8 Å². The van der Waals surface area contributed by atoms with Crippen LogP contribution in [-0.4, -0.2) is 22.0 Å². The molecule has 1 heterocycles. The summed E-state index contributed by atoms with van der Waals surface area (Å²) in [5.74, 6) is -1.11. The molecule has 37 heavy (non-hydrogen) atoms. The highest BCUT2D eigenvalue weighted by molar-refractivity contribution is 6.32. The van der Waals surface area contributed by atoms with Crippen LogP contribution in [-0.2, 0) is 16.0 Å². The molecule has 1 unspecified atom stereocenters. The number of hydrogen-bond acceptors (Lipinski definition) is 3. The number of carbonyl (C=O) groups is 2. The summed E-state index contributed by atoms with van der Waals surface area (Å²) in [6.07, 6.45) is 6.41. The van der Waals surface area contributed by atoms with Gasteiger partial charge in [-0.15, -0.1) is 0 Å². The molecule has 0 radical (unpaired) electrons. The number of pyridine rings is 1. The van der Waals surface area contributed by atoms with Gasteiger partial charge in [-0.2, -0.15) is 0 Å². The Morgan fingerprint density at radius 1 is 1.08 bits per heavy atom. The van der Waals surface area contributed by atoms with E-state index in [0.29, 0.717) is 22.2 Å². The third kappa shape index (κ3) is 6.16. The maximum atomic E-state index is 13.8. The van der Waals surface area contributed by atoms with Gasteiger partial charge in [0.05, 0.1) is 16.6 Å². The van der Waals surface area contributed by atoms with E-state index in [4.69, 9.17) is 28.3 Å². The van der Waals surface area contributed by atoms with Gasteiger partial charge in [0.2, 0.25) is 5.91 Å². The van der Waals surface area contributed by atoms with Gasteiger partial charge in [0.25, 0.3) is 0 Å². The summed E-state index contributed by atoms with van der Waals surface area (Å²) < 4.78 is 0. The lowest BCUT2D eigenvalue weighted by Gasteiger charge is -2.26. The van der Waals surface area contributed by atoms with Gasteiger partial charge in [0.15, 0.2) is 0 Å². The number of carboxylic acid groups (broad SMARTS) is 1. The number of aliphatic carboxylic acids is 1. The molecule has 0 aliphatic heterocycles. The van der Waals surface area contributed by atoms with Crippen LogP contribution in [0.5, 0.6) is 0 Å². The molecular formula is C30H32Cl2N2O3. The van der Waals surface area contributed by atoms with Crippen LogP contribution in [0, 0.1) is 26.7 Å². The summed E-state index contributed by atoms with van der Waals surface area (Å²) in [7, 11) is 0. The molecule has 0 saturated heterocycles. The highest BCUT2D eigenvalue weighted by Crippen LogP contribution is 2.43. The first-order chi connectivity index (χ1) is 17.7. The van der Waals surface area contributed by atoms with Gasteiger partial charge < -0.3 is 10.4 Å². The number of hydrogen-bond donors (Lipinski definition) is 2. The topological polar surface area (TPSA) is 79.3 Å². The minimum Gasteiger partial charge on any atom is -0.481 e. The Hall–Kier alpha value is -2.89. The molecular weight excluding hydrogens is 507 g/mol. The van der Waals surface area contributed by atoms with E-state index in [1.165, 1.54) is 0 Å². The second kappa shape index (κ2) is 11.7. The third-order valence-electron chi connectivity index (χ3n) is 7.48. The fraction of sp³-hybridized carbons (Fsp3) is 0.367. The van der Waals surface area contributed by atoms with Gasteiger partial charge in [0, 0.05) is 28.9 Å². The maximum Gasteiger partial charge on any atom is 0.303 e. The third-order valence-corrected chi connectivity index (χ3v) is 8.19. The minimum absolute atomic E-state index is 0.0475. The number of carbonyl (C=O) groups excluding carboxylic acids is 1. The molecule has 2 aromatic carbocycles. The van der Waals surface area contributed by atoms with Gasteiger partial charge in [0.1, 0.15) is 0 Å². The van der Waals surface area contributed by atoms with Crippen molar-refractivity contribution in [2.75, 3.05) is 5.32 Å². The number of nitrogens with one attached hydrogen (secondary N) is 1. The summed E-state index contributed by atoms with van der Waals surface area (Å²) in [4.78, 5) is 29.3. The number of halogens is 2. The van der Waals surface area contributed by atoms with Gasteiger partial charge in [-0.1, -0.05) is 54.2 Å². The van der Waals surface area contributed by atoms with E-state index in [1.807, 2.05) is 57.2 Å². The van der Waals surface area contributed by atoms with Crippen molar-refractivity contribution in [2.24, 2.45) is 5.92 Å². The molecule has 7 heteroatoms. The zero-order valence-electron chi connectivity index (χ0n) is 21.4. The van der Waals surface area contributed by atoms with Gasteiger partial charge in [-0.25, -0.2) is 0 Å². The lowest BCUT2D eigenvalue weighted by molar-refractivity contribution is -0.137. The SMILES string of the molecule is Cc1cc(C(C(=O)Nc2cccc(CCC(=O)O)c2C)C2CCCC2)c(Cl)cc1-c1cnc(C)c(Cl)c1. The lowest BCUT2D eigenvalue weighted by atomic mass is 9.82. The summed E-state index contributed by atoms with van der Waals surface area (Å²) in [6.45, 7) is 5.80. The van der Waals surface area contributed by atoms with E-state index in [9.17, 15) is 9.59 Å². The molecule has 3 aromatic rings. The van der Waals surface area contributed by atoms with Gasteiger partial charge in [-0.3, -0.25) is 14.6 Å². The van der Waals surface area contributed by atoms with Crippen LogP contribution >= 0.6 is 23.2 Å². The van der Waals surface area contributed by atoms with Crippen molar-refractivity contribution in [3.05, 3.63) is 80.6 Å². The average Bonchev–Trinajstić information content (AvgIpc) is 3.38. The molecule has 5 nitrogen and oxygen atoms in total. The zero-order chi connectivity index (χ0) is 26.7. The van der Waals surface area contributed by atoms with Crippen molar-refractivity contribution in [3.63, 3.8) is 0 Å². The Bertz CT molecular complexity index is 1330. The van der Waals surface area contributed by atoms with Crippen molar-refractivity contribution in [3.8, 4) is 11.1 Å². The molecule has 1 fully saturated rings. The van der Waals surface area contributed by atoms with E-state index in [1.54, 1.807) is 6.20 Å². The number of benzene rings is 2. The lowest BCUT2D eigenvalue weighted by Crippen LogP contribution is -2.27.